The average Bonchev–Trinajstić information content (AvgIpc) is 1.76. The summed E-state index contributed by atoms with van der Waals surface area (Å²) in [5.74, 6) is 0. The molecular weight excluding hydrogens is 920 g/mol. The molecule has 0 atom stereocenters. The van der Waals surface area contributed by atoms with Gasteiger partial charge in [0, 0.05) is 0 Å². The topological polar surface area (TPSA) is 229 Å². The third kappa shape index (κ3) is 379. The number of hydrogen-bond donors (Lipinski definition) is 0. The van der Waals surface area contributed by atoms with Crippen LogP contribution in [0.5, 0.6) is 0 Å². The van der Waals surface area contributed by atoms with Gasteiger partial charge in [-0.25, -0.2) is 0 Å². The first kappa shape index (κ1) is 50.0. The molecule has 0 heterocycles. The van der Waals surface area contributed by atoms with Crippen LogP contribution in [-0.4, -0.2) is 0 Å². The SMILES string of the molecule is [K+].[K+].[Li+].[Li+].[O]=[Nb](=[O])[O-].[O]=[Ta](=[O])[O-].[O]=[Ta](=[O])[O-].[O]=[Ta](=[O])[O-]. The van der Waals surface area contributed by atoms with Crippen molar-refractivity contribution in [3.05, 3.63) is 0 Å². The molecule has 0 N–H and O–H groups in total. The van der Waals surface area contributed by atoms with Crippen molar-refractivity contribution in [3.8, 4) is 0 Å². The van der Waals surface area contributed by atoms with E-state index in [2.05, 4.69) is 0 Å². The van der Waals surface area contributed by atoms with Crippen LogP contribution in [0.1, 0.15) is 0 Å². The Bertz CT molecular complexity index is 308. The van der Waals surface area contributed by atoms with E-state index in [0.717, 1.165) is 0 Å². The van der Waals surface area contributed by atoms with Gasteiger partial charge in [0.05, 0.1) is 0 Å². The summed E-state index contributed by atoms with van der Waals surface area (Å²) >= 11 is -17.2. The molecule has 0 aliphatic rings. The Labute approximate surface area is 248 Å². The number of hydrogen-bond acceptors (Lipinski definition) is 12. The van der Waals surface area contributed by atoms with Crippen LogP contribution in [-0.2, 0) is 101 Å². The molecule has 0 bridgehead atoms. The van der Waals surface area contributed by atoms with Crippen LogP contribution in [0.25, 0.3) is 0 Å². The van der Waals surface area contributed by atoms with Gasteiger partial charge < -0.3 is 0 Å². The third-order valence-corrected chi connectivity index (χ3v) is 0. The van der Waals surface area contributed by atoms with Gasteiger partial charge in [-0.3, -0.25) is 0 Å². The van der Waals surface area contributed by atoms with Crippen molar-refractivity contribution in [3.63, 3.8) is 0 Å². The van der Waals surface area contributed by atoms with E-state index in [9.17, 15) is 0 Å². The molecule has 0 aromatic heterocycles. The fourth-order valence-electron chi connectivity index (χ4n) is 0. The molecule has 0 aromatic rings. The Morgan fingerprint density at radius 1 is 0.600 bits per heavy atom. The van der Waals surface area contributed by atoms with E-state index in [-0.39, 0.29) is 140 Å². The summed E-state index contributed by atoms with van der Waals surface area (Å²) in [7, 11) is 0. The normalized spacial score (nSPS) is 5.00. The van der Waals surface area contributed by atoms with Gasteiger partial charge in [0.25, 0.3) is 0 Å². The fraction of sp³-hybridized carbons (Fsp3) is 0. The zero-order valence-electron chi connectivity index (χ0n) is 10.7. The maximum absolute atomic E-state index is 8.62. The summed E-state index contributed by atoms with van der Waals surface area (Å²) in [6.07, 6.45) is 0. The van der Waals surface area contributed by atoms with Gasteiger partial charge >= 0.3 is 256 Å². The van der Waals surface area contributed by atoms with Crippen LogP contribution >= 0.6 is 0 Å². The second-order valence-electron chi connectivity index (χ2n) is 0.894. The second kappa shape index (κ2) is 44.3. The van der Waals surface area contributed by atoms with Gasteiger partial charge in [0.1, 0.15) is 0 Å². The van der Waals surface area contributed by atoms with Gasteiger partial charge in [-0.1, -0.05) is 0 Å². The molecule has 0 radical (unpaired) electrons. The van der Waals surface area contributed by atoms with E-state index in [1.54, 1.807) is 0 Å². The molecule has 20 heavy (non-hydrogen) atoms. The molecule has 0 saturated carbocycles. The van der Waals surface area contributed by atoms with E-state index in [4.69, 9.17) is 40.5 Å². The van der Waals surface area contributed by atoms with Crippen LogP contribution in [0.3, 0.4) is 0 Å². The van der Waals surface area contributed by atoms with Gasteiger partial charge in [-0.05, 0) is 0 Å². The molecule has 12 nitrogen and oxygen atoms in total. The quantitative estimate of drug-likeness (QED) is 0.207. The van der Waals surface area contributed by atoms with Crippen molar-refractivity contribution in [1.29, 1.82) is 0 Å². The summed E-state index contributed by atoms with van der Waals surface area (Å²) < 4.78 is 103. The minimum atomic E-state index is -4.34. The first-order valence-corrected chi connectivity index (χ1v) is 16.7. The Hall–Kier alpha value is 5.67. The molecule has 0 rings (SSSR count). The van der Waals surface area contributed by atoms with E-state index in [0.29, 0.717) is 0 Å². The summed E-state index contributed by atoms with van der Waals surface area (Å²) in [6.45, 7) is 0. The Morgan fingerprint density at radius 2 is 0.600 bits per heavy atom. The zero-order chi connectivity index (χ0) is 14.3. The Morgan fingerprint density at radius 3 is 0.600 bits per heavy atom. The average molecular weight is 920 g/mol. The Kier molecular flexibility index (Phi) is 111. The molecule has 0 aliphatic heterocycles. The van der Waals surface area contributed by atoms with Crippen molar-refractivity contribution >= 4 is 0 Å². The van der Waals surface area contributed by atoms with Gasteiger partial charge in [-0.2, -0.15) is 0 Å². The Balaban J connectivity index is -0.0000000150. The summed E-state index contributed by atoms with van der Waals surface area (Å²) in [4.78, 5) is 0. The molecule has 0 fully saturated rings. The monoisotopic (exact) mass is 920 g/mol. The van der Waals surface area contributed by atoms with Gasteiger partial charge in [0.15, 0.2) is 0 Å². The van der Waals surface area contributed by atoms with Crippen LogP contribution in [0.4, 0.5) is 0 Å². The van der Waals surface area contributed by atoms with Gasteiger partial charge in [-0.15, -0.1) is 0 Å². The molecule has 0 unspecified atom stereocenters. The van der Waals surface area contributed by atoms with Gasteiger partial charge in [0.2, 0.25) is 0 Å². The fourth-order valence-corrected chi connectivity index (χ4v) is 0. The van der Waals surface area contributed by atoms with Crippen LogP contribution in [0, 0.1) is 0 Å². The van der Waals surface area contributed by atoms with Crippen molar-refractivity contribution in [2.45, 2.75) is 0 Å². The van der Waals surface area contributed by atoms with Crippen LogP contribution in [0.15, 0.2) is 0 Å². The molecule has 20 heteroatoms. The van der Waals surface area contributed by atoms with E-state index >= 15 is 0 Å². The van der Waals surface area contributed by atoms with Crippen LogP contribution < -0.4 is 155 Å². The van der Waals surface area contributed by atoms with E-state index < -0.39 is 75.1 Å². The molecule has 0 aliphatic carbocycles. The minimum absolute atomic E-state index is 0. The van der Waals surface area contributed by atoms with Crippen molar-refractivity contribution in [1.82, 2.24) is 0 Å². The molecule has 0 aromatic carbocycles. The first-order chi connectivity index (χ1) is 6.93. The van der Waals surface area contributed by atoms with E-state index in [1.165, 1.54) is 0 Å². The van der Waals surface area contributed by atoms with Crippen LogP contribution in [0.2, 0.25) is 0 Å². The second-order valence-corrected chi connectivity index (χ2v) is 6.81. The molecule has 96 valence electrons. The summed E-state index contributed by atoms with van der Waals surface area (Å²) in [6, 6.07) is 0. The molecule has 0 saturated heterocycles. The molecular formula is K2Li2NbO12Ta3. The maximum atomic E-state index is 8.62. The third-order valence-electron chi connectivity index (χ3n) is 0. The predicted molar refractivity (Wildman–Crippen MR) is 5.49 cm³/mol. The van der Waals surface area contributed by atoms with Crippen molar-refractivity contribution in [2.24, 2.45) is 0 Å². The molecule has 0 spiro atoms. The molecule has 0 amide bonds. The van der Waals surface area contributed by atoms with E-state index in [1.807, 2.05) is 0 Å². The summed E-state index contributed by atoms with van der Waals surface area (Å²) in [5.41, 5.74) is 0. The predicted octanol–water partition coefficient (Wildman–Crippen LogP) is -17.7. The zero-order valence-corrected chi connectivity index (χ0v) is 28.8. The van der Waals surface area contributed by atoms with Crippen molar-refractivity contribution < 1.29 is 256 Å². The standard InChI is InChI=1S/2K.2Li.Nb.12O.3Ta/q4*+1;;;;;;;;;;4*-1;;;. The number of rotatable bonds is 0. The summed E-state index contributed by atoms with van der Waals surface area (Å²) in [5, 5.41) is 0. The first-order valence-electron chi connectivity index (χ1n) is 2.19. The van der Waals surface area contributed by atoms with Crippen molar-refractivity contribution in [2.75, 3.05) is 0 Å².